The Morgan fingerprint density at radius 3 is 1.01 bits per heavy atom. The molecule has 0 radical (unpaired) electrons. The van der Waals surface area contributed by atoms with Crippen molar-refractivity contribution in [3.05, 3.63) is 171 Å². The van der Waals surface area contributed by atoms with Gasteiger partial charge < -0.3 is 85.3 Å². The summed E-state index contributed by atoms with van der Waals surface area (Å²) in [6.45, 7) is 10.8. The molecule has 6 aromatic rings. The van der Waals surface area contributed by atoms with Crippen molar-refractivity contribution in [1.82, 2.24) is 38.2 Å². The molecular formula is C81H86F8N14O38. The van der Waals surface area contributed by atoms with Crippen molar-refractivity contribution in [2.45, 2.75) is 179 Å². The first-order chi connectivity index (χ1) is 66.0. The molecule has 141 heavy (non-hydrogen) atoms. The van der Waals surface area contributed by atoms with Gasteiger partial charge in [-0.15, -0.1) is 6.42 Å². The first-order valence-electron chi connectivity index (χ1n) is 40.2. The monoisotopic (exact) mass is 2010 g/mol. The number of carbonyl (C=O) groups is 12. The van der Waals surface area contributed by atoms with Crippen LogP contribution < -0.4 is 53.5 Å². The molecule has 10 rings (SSSR count). The molecule has 4 aromatic heterocycles. The van der Waals surface area contributed by atoms with E-state index in [4.69, 9.17) is 58.5 Å². The number of ether oxygens (including phenoxy) is 18. The summed E-state index contributed by atoms with van der Waals surface area (Å²) in [6, 6.07) is 12.4. The van der Waals surface area contributed by atoms with Crippen LogP contribution in [0.25, 0.3) is 0 Å². The molecule has 0 bridgehead atoms. The van der Waals surface area contributed by atoms with Gasteiger partial charge in [0.1, 0.15) is 93.9 Å². The van der Waals surface area contributed by atoms with Crippen molar-refractivity contribution < 1.29 is 188 Å². The number of terminal acetylenes is 1. The van der Waals surface area contributed by atoms with Gasteiger partial charge in [0, 0.05) is 97.7 Å². The van der Waals surface area contributed by atoms with Crippen molar-refractivity contribution >= 4 is 107 Å². The lowest BCUT2D eigenvalue weighted by molar-refractivity contribution is -0.386. The van der Waals surface area contributed by atoms with Crippen LogP contribution in [-0.2, 0) is 121 Å². The zero-order valence-electron chi connectivity index (χ0n) is 75.5. The normalized spacial score (nSPS) is 20.7. The molecule has 2 aromatic carbocycles. The van der Waals surface area contributed by atoms with Crippen LogP contribution >= 0.6 is 0 Å². The van der Waals surface area contributed by atoms with E-state index in [1.165, 1.54) is 38.5 Å². The highest BCUT2D eigenvalue weighted by atomic mass is 19.3. The summed E-state index contributed by atoms with van der Waals surface area (Å²) in [5.74, 6) is -22.4. The number of methoxy groups -OCH3 is 2. The maximum absolute atomic E-state index is 15.2. The second-order valence-corrected chi connectivity index (χ2v) is 29.4. The molecule has 4 aliphatic heterocycles. The number of para-hydroxylation sites is 1. The van der Waals surface area contributed by atoms with Crippen LogP contribution in [0.3, 0.4) is 0 Å². The molecule has 764 valence electrons. The summed E-state index contributed by atoms with van der Waals surface area (Å²) in [6.07, 6.45) is -19.6. The van der Waals surface area contributed by atoms with Crippen LogP contribution in [0.2, 0.25) is 0 Å². The lowest BCUT2D eigenvalue weighted by Gasteiger charge is -2.23. The highest BCUT2D eigenvalue weighted by molar-refractivity contribution is 5.85. The highest BCUT2D eigenvalue weighted by Crippen LogP contribution is 2.49. The van der Waals surface area contributed by atoms with Gasteiger partial charge in [0.05, 0.1) is 35.7 Å². The first kappa shape index (κ1) is 112. The number of nitro groups is 2. The van der Waals surface area contributed by atoms with E-state index in [1.807, 2.05) is 0 Å². The van der Waals surface area contributed by atoms with Gasteiger partial charge in [-0.3, -0.25) is 98.1 Å². The molecule has 0 saturated carbocycles. The first-order valence-corrected chi connectivity index (χ1v) is 40.2. The zero-order chi connectivity index (χ0) is 105. The standard InChI is InChI=1S/C23H24F2N4O12.C23H24F2N4O10.C18H21F2N3O8.C17H17F2N3O8/c1-11(30)38-10-17-19(40-12(2)31)23(24,25)20(41-17)28-6-5-18(26-21(28)32)27-22(33)39-9-13-7-15(36-3)16(37-4)8-14(13)29(34)35;1-12(15-6-4-5-7-16(15)29(34)35)10-37-22(33)27-18-8-9-28(21(32)26-18)20-23(24,25)19(38-14(3)31)17(39-20)11-36-13(2)30;1-9(2)7-29-17(27)22-13-5-6-23(16(26)21-13)15-18(19,20)14(30-11(4)25)12(31-15)8-28-10(3)24;1-4-7-27-16(26)21-12-5-6-22(15(25)20-12)14-17(18,19)13(29-10(3)24)11(30-14)8-28-9(2)23/h5-8,17,19-20H,9-10H2,1-4H3,(H,26,27,32,33);4-9,12,17,19-20H,10-11H2,1-3H3,(H,26,27,32,33);5-6,12,14-15H,1,7-8H2,2-4H3,(H,21,22,26,27);1,5-6,11,13-14H,7-8H2,2-3H3,(H,20,21,25,26). The number of rotatable bonds is 32. The molecule has 13 atom stereocenters. The van der Waals surface area contributed by atoms with Crippen LogP contribution in [0.5, 0.6) is 11.5 Å². The molecular weight excluding hydrogens is 1930 g/mol. The summed E-state index contributed by atoms with van der Waals surface area (Å²) in [5, 5.41) is 31.1. The fraction of sp³-hybridized carbons (Fsp3) is 0.457. The number of nitrogens with zero attached hydrogens (tertiary/aromatic N) is 10. The average molecular weight is 2020 g/mol. The van der Waals surface area contributed by atoms with E-state index in [2.05, 4.69) is 86.9 Å². The molecule has 0 aliphatic carbocycles. The van der Waals surface area contributed by atoms with Crippen molar-refractivity contribution in [2.24, 2.45) is 0 Å². The quantitative estimate of drug-likeness (QED) is 0.00682. The number of aromatic nitrogens is 8. The third kappa shape index (κ3) is 30.4. The van der Waals surface area contributed by atoms with Gasteiger partial charge >= 0.3 is 119 Å². The van der Waals surface area contributed by atoms with Gasteiger partial charge in [-0.1, -0.05) is 37.6 Å². The van der Waals surface area contributed by atoms with Crippen LogP contribution in [0.15, 0.2) is 117 Å². The number of anilines is 4. The van der Waals surface area contributed by atoms with E-state index < -0.39 is 253 Å². The van der Waals surface area contributed by atoms with E-state index in [1.54, 1.807) is 19.9 Å². The fourth-order valence-corrected chi connectivity index (χ4v) is 12.7. The lowest BCUT2D eigenvalue weighted by Crippen LogP contribution is -2.44. The third-order valence-corrected chi connectivity index (χ3v) is 18.6. The summed E-state index contributed by atoms with van der Waals surface area (Å²) in [4.78, 5) is 222. The van der Waals surface area contributed by atoms with Crippen LogP contribution in [0, 0.1) is 32.6 Å². The number of carbonyl (C=O) groups excluding carboxylic acids is 12. The summed E-state index contributed by atoms with van der Waals surface area (Å²) in [5.41, 5.74) is -4.63. The second-order valence-electron chi connectivity index (χ2n) is 29.4. The highest BCUT2D eigenvalue weighted by Gasteiger charge is 2.66. The van der Waals surface area contributed by atoms with Crippen molar-refractivity contribution in [2.75, 3.05) is 81.7 Å². The summed E-state index contributed by atoms with van der Waals surface area (Å²) >= 11 is 0. The Balaban J connectivity index is 0.000000258. The van der Waals surface area contributed by atoms with E-state index in [-0.39, 0.29) is 60.0 Å². The molecule has 8 heterocycles. The molecule has 60 heteroatoms. The molecule has 4 N–H and O–H groups in total. The SMILES string of the molecule is C#CCOC(=O)Nc1ccn(C2OC(COC(C)=O)C(OC(C)=O)C2(F)F)c(=O)n1.C=C(C)COC(=O)Nc1ccn(C2OC(COC(C)=O)C(OC(C)=O)C2(F)F)c(=O)n1.CC(=O)OCC1OC(n2ccc(NC(=O)OCC(C)c3ccccc3[N+](=O)[O-])nc2=O)C(F)(F)C1OC(C)=O.COc1cc(COC(=O)Nc2ccn(C3OC(COC(C)=O)C(OC(C)=O)C3(F)F)c(=O)n2)c([N+](=O)[O-])cc1OC. The van der Waals surface area contributed by atoms with Gasteiger partial charge in [0.25, 0.3) is 11.4 Å². The second kappa shape index (κ2) is 49.2. The van der Waals surface area contributed by atoms with Gasteiger partial charge in [0.15, 0.2) is 42.5 Å². The van der Waals surface area contributed by atoms with Gasteiger partial charge in [-0.2, -0.15) is 55.1 Å². The maximum atomic E-state index is 15.2. The molecule has 52 nitrogen and oxygen atoms in total. The van der Waals surface area contributed by atoms with Crippen LogP contribution in [0.4, 0.5) is 88.9 Å². The Kier molecular flexibility index (Phi) is 39.0. The maximum Gasteiger partial charge on any atom is 0.413 e. The number of nitrogens with one attached hydrogen (secondary N) is 4. The van der Waals surface area contributed by atoms with Crippen molar-refractivity contribution in [3.8, 4) is 23.8 Å². The summed E-state index contributed by atoms with van der Waals surface area (Å²) < 4.78 is 210. The van der Waals surface area contributed by atoms with E-state index in [9.17, 15) is 115 Å². The van der Waals surface area contributed by atoms with Crippen LogP contribution in [-0.4, -0.2) is 253 Å². The summed E-state index contributed by atoms with van der Waals surface area (Å²) in [7, 11) is 2.59. The third-order valence-electron chi connectivity index (χ3n) is 18.6. The number of benzene rings is 2. The molecule has 13 unspecified atom stereocenters. The number of nitro benzene ring substituents is 2. The van der Waals surface area contributed by atoms with Crippen molar-refractivity contribution in [3.63, 3.8) is 0 Å². The Labute approximate surface area is 785 Å². The van der Waals surface area contributed by atoms with Gasteiger partial charge in [0.2, 0.25) is 24.9 Å². The number of esters is 8. The number of hydrogen-bond acceptors (Lipinski definition) is 42. The predicted molar refractivity (Wildman–Crippen MR) is 448 cm³/mol. The number of alkyl halides is 8. The van der Waals surface area contributed by atoms with E-state index >= 15 is 17.6 Å². The largest absolute Gasteiger partial charge is 0.493 e. The van der Waals surface area contributed by atoms with Gasteiger partial charge in [-0.25, -0.2) is 38.4 Å². The smallest absolute Gasteiger partial charge is 0.413 e. The fourth-order valence-electron chi connectivity index (χ4n) is 12.7. The Morgan fingerprint density at radius 2 is 0.730 bits per heavy atom. The molecule has 4 amide bonds. The van der Waals surface area contributed by atoms with Gasteiger partial charge in [-0.05, 0) is 42.8 Å². The number of halogens is 8. The van der Waals surface area contributed by atoms with Crippen molar-refractivity contribution in [1.29, 1.82) is 0 Å². The Morgan fingerprint density at radius 1 is 0.440 bits per heavy atom. The predicted octanol–water partition coefficient (Wildman–Crippen LogP) is 6.32. The number of hydrogen-bond donors (Lipinski definition) is 4. The minimum absolute atomic E-state index is 0.0440. The minimum Gasteiger partial charge on any atom is -0.493 e. The lowest BCUT2D eigenvalue weighted by atomic mass is 10.0. The van der Waals surface area contributed by atoms with E-state index in [0.717, 1.165) is 111 Å². The molecule has 4 fully saturated rings. The Hall–Kier alpha value is -16.2. The number of amides is 4. The topological polar surface area (TPSA) is 645 Å². The molecule has 4 aliphatic rings. The van der Waals surface area contributed by atoms with E-state index in [0.29, 0.717) is 29.4 Å². The molecule has 4 saturated heterocycles. The molecule has 0 spiro atoms. The zero-order valence-corrected chi connectivity index (χ0v) is 75.5. The average Bonchev–Trinajstić information content (AvgIpc) is 1.62. The Bertz CT molecular complexity index is 5980. The minimum atomic E-state index is -3.95. The van der Waals surface area contributed by atoms with Crippen LogP contribution in [0.1, 0.15) is 111 Å².